The van der Waals surface area contributed by atoms with Crippen molar-refractivity contribution in [3.8, 4) is 0 Å². The second-order valence-corrected chi connectivity index (χ2v) is 12.0. The minimum absolute atomic E-state index is 0.185. The first-order chi connectivity index (χ1) is 22.4. The van der Waals surface area contributed by atoms with Gasteiger partial charge in [0, 0.05) is 32.3 Å². The first-order valence-electron chi connectivity index (χ1n) is 13.8. The molecule has 0 aromatic heterocycles. The number of hydrogen-bond donors (Lipinski definition) is 2. The predicted molar refractivity (Wildman–Crippen MR) is 212 cm³/mol. The highest BCUT2D eigenvalue weighted by Gasteiger charge is 2.02. The maximum Gasteiger partial charge on any atom is 0.216 e. The third-order valence-electron chi connectivity index (χ3n) is 5.36. The quantitative estimate of drug-likeness (QED) is 0.138. The van der Waals surface area contributed by atoms with Crippen molar-refractivity contribution >= 4 is 105 Å². The Labute approximate surface area is 313 Å². The van der Waals surface area contributed by atoms with E-state index in [0.29, 0.717) is 49.5 Å². The van der Waals surface area contributed by atoms with Gasteiger partial charge in [-0.05, 0) is 68.6 Å². The van der Waals surface area contributed by atoms with E-state index in [0.717, 1.165) is 11.1 Å². The Kier molecular flexibility index (Phi) is 22.5. The van der Waals surface area contributed by atoms with Crippen molar-refractivity contribution in [2.24, 2.45) is 0 Å². The van der Waals surface area contributed by atoms with Crippen molar-refractivity contribution in [3.63, 3.8) is 0 Å². The molecule has 4 nitrogen and oxygen atoms in total. The van der Waals surface area contributed by atoms with E-state index >= 15 is 0 Å². The molecule has 0 N–H and O–H groups in total. The summed E-state index contributed by atoms with van der Waals surface area (Å²) in [7, 11) is 0. The van der Waals surface area contributed by atoms with Crippen LogP contribution in [0.1, 0.15) is 45.7 Å². The van der Waals surface area contributed by atoms with Crippen LogP contribution in [0.4, 0.5) is 0 Å². The topological polar surface area (TPSA) is 52.6 Å². The number of hydrogen-bond acceptors (Lipinski definition) is 6. The smallest absolute Gasteiger partial charge is 0.216 e. The van der Waals surface area contributed by atoms with Gasteiger partial charge in [0.1, 0.15) is 13.2 Å². The van der Waals surface area contributed by atoms with Crippen molar-refractivity contribution in [2.45, 2.75) is 13.8 Å². The van der Waals surface area contributed by atoms with Crippen molar-refractivity contribution in [3.05, 3.63) is 165 Å². The summed E-state index contributed by atoms with van der Waals surface area (Å²) < 4.78 is 10.6. The predicted octanol–water partition coefficient (Wildman–Crippen LogP) is 11.2. The van der Waals surface area contributed by atoms with Gasteiger partial charge >= 0.3 is 0 Å². The fourth-order valence-corrected chi connectivity index (χ4v) is 3.88. The molecule has 0 bridgehead atoms. The molecule has 0 radical (unpaired) electrons. The van der Waals surface area contributed by atoms with E-state index in [1.165, 1.54) is 0 Å². The molecule has 4 aromatic rings. The van der Waals surface area contributed by atoms with Gasteiger partial charge in [-0.15, -0.1) is 25.3 Å². The van der Waals surface area contributed by atoms with E-state index in [1.807, 2.05) is 85.8 Å². The number of halogens is 3. The standard InChI is InChI=1S/C11H10Cl2OS.C11H11ClOS.2C7H6OS/c1-8(12)6-7-14-11(15)9-2-4-10(13)5-3-9;1-2-10(12)8-13-11(14)9-6-4-3-5-7-9;2*8-7(9)6-4-2-1-3-5-6/h2-6H,7H2,1H3;2-7H,8H2,1H3;2*1-5H,(H,8,9). The van der Waals surface area contributed by atoms with Crippen LogP contribution in [-0.4, -0.2) is 33.5 Å². The van der Waals surface area contributed by atoms with Crippen LogP contribution in [0.3, 0.4) is 0 Å². The molecule has 4 rings (SSSR count). The maximum atomic E-state index is 10.5. The third kappa shape index (κ3) is 20.1. The SMILES string of the molecule is CC(Cl)=CCOC(=S)c1ccc(Cl)cc1.CC=C(Cl)COC(=S)c1ccccc1.O=C(S)c1ccccc1.O=C(S)c1ccccc1. The highest BCUT2D eigenvalue weighted by molar-refractivity contribution is 7.97. The van der Waals surface area contributed by atoms with Crippen LogP contribution in [0.15, 0.2) is 137 Å². The average molecular weight is 764 g/mol. The molecule has 246 valence electrons. The van der Waals surface area contributed by atoms with Crippen LogP contribution in [-0.2, 0) is 9.47 Å². The van der Waals surface area contributed by atoms with Crippen molar-refractivity contribution in [1.82, 2.24) is 0 Å². The van der Waals surface area contributed by atoms with E-state index in [9.17, 15) is 9.59 Å². The highest BCUT2D eigenvalue weighted by Crippen LogP contribution is 2.11. The number of carbonyl (C=O) groups excluding carboxylic acids is 2. The Morgan fingerprint density at radius 3 is 1.40 bits per heavy atom. The lowest BCUT2D eigenvalue weighted by atomic mass is 10.2. The minimum atomic E-state index is -0.185. The fraction of sp³-hybridized carbons (Fsp3) is 0.111. The first kappa shape index (κ1) is 42.1. The van der Waals surface area contributed by atoms with E-state index in [1.54, 1.807) is 55.5 Å². The lowest BCUT2D eigenvalue weighted by molar-refractivity contribution is 0.108. The largest absolute Gasteiger partial charge is 0.479 e. The van der Waals surface area contributed by atoms with E-state index < -0.39 is 0 Å². The molecule has 47 heavy (non-hydrogen) atoms. The monoisotopic (exact) mass is 762 g/mol. The molecule has 0 saturated heterocycles. The van der Waals surface area contributed by atoms with Crippen molar-refractivity contribution < 1.29 is 19.1 Å². The summed E-state index contributed by atoms with van der Waals surface area (Å²) in [6, 6.07) is 34.7. The summed E-state index contributed by atoms with van der Waals surface area (Å²) in [6.07, 6.45) is 3.54. The summed E-state index contributed by atoms with van der Waals surface area (Å²) in [5.41, 5.74) is 3.03. The van der Waals surface area contributed by atoms with E-state index in [-0.39, 0.29) is 10.2 Å². The number of carbonyl (C=O) groups is 2. The zero-order valence-corrected chi connectivity index (χ0v) is 31.2. The Hall–Kier alpha value is -2.95. The van der Waals surface area contributed by atoms with Gasteiger partial charge in [0.25, 0.3) is 0 Å². The van der Waals surface area contributed by atoms with Gasteiger partial charge in [-0.3, -0.25) is 9.59 Å². The second-order valence-electron chi connectivity index (χ2n) is 8.92. The van der Waals surface area contributed by atoms with Gasteiger partial charge in [0.2, 0.25) is 10.2 Å². The number of ether oxygens (including phenoxy) is 2. The molecule has 0 aliphatic heterocycles. The van der Waals surface area contributed by atoms with Gasteiger partial charge in [-0.25, -0.2) is 0 Å². The molecule has 11 heteroatoms. The molecule has 0 heterocycles. The van der Waals surface area contributed by atoms with Gasteiger partial charge in [0.05, 0.1) is 5.03 Å². The van der Waals surface area contributed by atoms with E-state index in [4.69, 9.17) is 68.7 Å². The molecule has 0 spiro atoms. The van der Waals surface area contributed by atoms with Crippen LogP contribution in [0.25, 0.3) is 0 Å². The average Bonchev–Trinajstić information content (AvgIpc) is 3.09. The molecule has 0 aliphatic carbocycles. The summed E-state index contributed by atoms with van der Waals surface area (Å²) in [5, 5.41) is 2.58. The van der Waals surface area contributed by atoms with Gasteiger partial charge < -0.3 is 9.47 Å². The number of allylic oxidation sites excluding steroid dienone is 2. The summed E-state index contributed by atoms with van der Waals surface area (Å²) in [5.74, 6) is 0. The molecule has 0 unspecified atom stereocenters. The lowest BCUT2D eigenvalue weighted by Gasteiger charge is -2.05. The Morgan fingerprint density at radius 2 is 1.04 bits per heavy atom. The number of rotatable bonds is 8. The van der Waals surface area contributed by atoms with Crippen LogP contribution >= 0.6 is 84.5 Å². The van der Waals surface area contributed by atoms with Gasteiger partial charge in [0.15, 0.2) is 10.1 Å². The third-order valence-corrected chi connectivity index (χ3v) is 7.32. The first-order valence-corrected chi connectivity index (χ1v) is 16.6. The molecule has 4 aromatic carbocycles. The van der Waals surface area contributed by atoms with Crippen molar-refractivity contribution in [1.29, 1.82) is 0 Å². The van der Waals surface area contributed by atoms with Crippen LogP contribution < -0.4 is 0 Å². The normalized spacial score (nSPS) is 10.4. The zero-order chi connectivity index (χ0) is 35.0. The summed E-state index contributed by atoms with van der Waals surface area (Å²) in [4.78, 5) is 21.0. The van der Waals surface area contributed by atoms with Gasteiger partial charge in [-0.1, -0.05) is 132 Å². The molecule has 0 saturated carbocycles. The fourth-order valence-electron chi connectivity index (χ4n) is 2.94. The molecule has 0 atom stereocenters. The number of thiocarbonyl (C=S) groups is 2. The molecular formula is C36H33Cl3O4S4. The summed E-state index contributed by atoms with van der Waals surface area (Å²) in [6.45, 7) is 4.37. The zero-order valence-electron chi connectivity index (χ0n) is 25.5. The number of benzene rings is 4. The van der Waals surface area contributed by atoms with Crippen LogP contribution in [0.5, 0.6) is 0 Å². The molecule has 0 fully saturated rings. The number of thiol groups is 2. The Morgan fingerprint density at radius 1 is 0.660 bits per heavy atom. The Bertz CT molecular complexity index is 1540. The summed E-state index contributed by atoms with van der Waals surface area (Å²) >= 11 is 34.6. The molecular weight excluding hydrogens is 731 g/mol. The second kappa shape index (κ2) is 25.1. The maximum absolute atomic E-state index is 10.5. The minimum Gasteiger partial charge on any atom is -0.479 e. The van der Waals surface area contributed by atoms with Crippen LogP contribution in [0, 0.1) is 0 Å². The lowest BCUT2D eigenvalue weighted by Crippen LogP contribution is -2.04. The van der Waals surface area contributed by atoms with E-state index in [2.05, 4.69) is 25.3 Å². The van der Waals surface area contributed by atoms with Crippen molar-refractivity contribution in [2.75, 3.05) is 13.2 Å². The van der Waals surface area contributed by atoms with Crippen LogP contribution in [0.2, 0.25) is 5.02 Å². The Balaban J connectivity index is 0.000000321. The highest BCUT2D eigenvalue weighted by atomic mass is 35.5. The van der Waals surface area contributed by atoms with Gasteiger partial charge in [-0.2, -0.15) is 0 Å². The molecule has 0 aliphatic rings. The molecule has 0 amide bonds.